The maximum absolute atomic E-state index is 13.2. The van der Waals surface area contributed by atoms with Crippen LogP contribution >= 0.6 is 0 Å². The molecule has 0 saturated heterocycles. The van der Waals surface area contributed by atoms with Crippen LogP contribution in [0, 0.1) is 0 Å². The molecule has 0 spiro atoms. The summed E-state index contributed by atoms with van der Waals surface area (Å²) in [5, 5.41) is 23.7. The van der Waals surface area contributed by atoms with E-state index in [0.29, 0.717) is 19.3 Å². The Morgan fingerprint density at radius 1 is 0.517 bits per heavy atom. The number of nitrogens with one attached hydrogen (secondary N) is 1. The van der Waals surface area contributed by atoms with Gasteiger partial charge in [0.05, 0.1) is 25.2 Å². The van der Waals surface area contributed by atoms with Gasteiger partial charge in [0.25, 0.3) is 0 Å². The van der Waals surface area contributed by atoms with Crippen molar-refractivity contribution in [3.05, 3.63) is 48.6 Å². The third-order valence-corrected chi connectivity index (χ3v) is 11.3. The Morgan fingerprint density at radius 3 is 1.41 bits per heavy atom. The molecular weight excluding hydrogens is 719 g/mol. The molecule has 3 unspecified atom stereocenters. The molecular formula is C52H95NO5. The zero-order valence-corrected chi connectivity index (χ0v) is 38.4. The molecule has 58 heavy (non-hydrogen) atoms. The number of aliphatic hydroxyl groups excluding tert-OH is 2. The van der Waals surface area contributed by atoms with Gasteiger partial charge in [-0.25, -0.2) is 0 Å². The fraction of sp³-hybridized carbons (Fsp3) is 0.808. The standard InChI is InChI=1S/C52H95NO5/c1-4-7-10-13-16-19-21-23-25-27-29-32-35-38-41-44-50(55)49(47-54)53-51(56)46-48(43-40-37-34-31-18-15-12-9-6-3)58-52(57)45-42-39-36-33-30-28-26-24-22-20-17-14-11-8-5-2/h8,11,14,17,20,22,24,26,48-50,54-55H,4-7,9-10,12-13,15-16,18-19,21,23,25,27-47H2,1-3H3,(H,53,56)/b11-8+,17-14+,22-20+,26-24-. The summed E-state index contributed by atoms with van der Waals surface area (Å²) in [6, 6.07) is -0.703. The Hall–Kier alpha value is -2.18. The van der Waals surface area contributed by atoms with Crippen LogP contribution in [0.4, 0.5) is 0 Å². The summed E-state index contributed by atoms with van der Waals surface area (Å²) >= 11 is 0. The molecule has 0 bridgehead atoms. The minimum Gasteiger partial charge on any atom is -0.462 e. The molecule has 6 heteroatoms. The molecule has 0 rings (SSSR count). The minimum absolute atomic E-state index is 0.0693. The van der Waals surface area contributed by atoms with Crippen LogP contribution in [-0.2, 0) is 14.3 Å². The van der Waals surface area contributed by atoms with Gasteiger partial charge in [-0.05, 0) is 44.9 Å². The average molecular weight is 814 g/mol. The Morgan fingerprint density at radius 2 is 0.931 bits per heavy atom. The molecule has 3 N–H and O–H groups in total. The second kappa shape index (κ2) is 45.9. The van der Waals surface area contributed by atoms with Gasteiger partial charge >= 0.3 is 5.97 Å². The SMILES string of the molecule is CC/C=C/C=C/C=C/C=C\CCCCCCCC(=O)OC(CCCCCCCCCCC)CC(=O)NC(CO)C(O)CCCCCCCCCCCCCCCCC. The number of unbranched alkanes of at least 4 members (excludes halogenated alkanes) is 27. The number of carbonyl (C=O) groups is 2. The summed E-state index contributed by atoms with van der Waals surface area (Å²) in [4.78, 5) is 26.0. The monoisotopic (exact) mass is 814 g/mol. The van der Waals surface area contributed by atoms with E-state index in [2.05, 4.69) is 56.5 Å². The lowest BCUT2D eigenvalue weighted by molar-refractivity contribution is -0.151. The molecule has 0 saturated carbocycles. The summed E-state index contributed by atoms with van der Waals surface area (Å²) in [6.07, 6.45) is 54.5. The Kier molecular flexibility index (Phi) is 44.2. The van der Waals surface area contributed by atoms with Crippen LogP contribution in [-0.4, -0.2) is 46.9 Å². The minimum atomic E-state index is -0.789. The van der Waals surface area contributed by atoms with Crippen LogP contribution in [0.2, 0.25) is 0 Å². The van der Waals surface area contributed by atoms with E-state index in [0.717, 1.165) is 83.5 Å². The van der Waals surface area contributed by atoms with Gasteiger partial charge in [-0.15, -0.1) is 0 Å². The number of amides is 1. The lowest BCUT2D eigenvalue weighted by atomic mass is 10.0. The highest BCUT2D eigenvalue weighted by molar-refractivity contribution is 5.77. The maximum atomic E-state index is 13.2. The van der Waals surface area contributed by atoms with E-state index in [1.54, 1.807) is 0 Å². The van der Waals surface area contributed by atoms with Crippen molar-refractivity contribution in [1.29, 1.82) is 0 Å². The van der Waals surface area contributed by atoms with E-state index in [1.165, 1.54) is 116 Å². The molecule has 0 aromatic rings. The summed E-state index contributed by atoms with van der Waals surface area (Å²) in [5.74, 6) is -0.497. The van der Waals surface area contributed by atoms with Crippen molar-refractivity contribution in [3.63, 3.8) is 0 Å². The van der Waals surface area contributed by atoms with E-state index >= 15 is 0 Å². The maximum Gasteiger partial charge on any atom is 0.306 e. The molecule has 0 aromatic heterocycles. The summed E-state index contributed by atoms with van der Waals surface area (Å²) in [5.41, 5.74) is 0. The molecule has 6 nitrogen and oxygen atoms in total. The number of allylic oxidation sites excluding steroid dienone is 8. The topological polar surface area (TPSA) is 95.9 Å². The van der Waals surface area contributed by atoms with E-state index < -0.39 is 18.2 Å². The molecule has 0 aliphatic carbocycles. The van der Waals surface area contributed by atoms with Gasteiger partial charge in [-0.2, -0.15) is 0 Å². The Labute approximate surface area is 359 Å². The fourth-order valence-corrected chi connectivity index (χ4v) is 7.50. The van der Waals surface area contributed by atoms with Crippen LogP contribution in [0.5, 0.6) is 0 Å². The van der Waals surface area contributed by atoms with Crippen molar-refractivity contribution in [1.82, 2.24) is 5.32 Å². The third kappa shape index (κ3) is 40.6. The molecule has 0 aromatic carbocycles. The number of hydrogen-bond donors (Lipinski definition) is 3. The first-order chi connectivity index (χ1) is 28.5. The van der Waals surface area contributed by atoms with Crippen molar-refractivity contribution in [3.8, 4) is 0 Å². The molecule has 0 fully saturated rings. The van der Waals surface area contributed by atoms with Crippen LogP contribution < -0.4 is 5.32 Å². The van der Waals surface area contributed by atoms with Crippen molar-refractivity contribution in [2.24, 2.45) is 0 Å². The normalized spacial score (nSPS) is 13.7. The van der Waals surface area contributed by atoms with Crippen molar-refractivity contribution < 1.29 is 24.5 Å². The van der Waals surface area contributed by atoms with Gasteiger partial charge in [0.15, 0.2) is 0 Å². The Balaban J connectivity index is 4.49. The zero-order valence-electron chi connectivity index (χ0n) is 38.4. The van der Waals surface area contributed by atoms with Gasteiger partial charge < -0.3 is 20.3 Å². The predicted octanol–water partition coefficient (Wildman–Crippen LogP) is 14.7. The van der Waals surface area contributed by atoms with Crippen molar-refractivity contribution in [2.75, 3.05) is 6.61 Å². The number of ether oxygens (including phenoxy) is 1. The molecule has 0 aliphatic rings. The van der Waals surface area contributed by atoms with Crippen LogP contribution in [0.1, 0.15) is 245 Å². The second-order valence-electron chi connectivity index (χ2n) is 16.9. The average Bonchev–Trinajstić information content (AvgIpc) is 3.22. The number of rotatable bonds is 44. The number of hydrogen-bond acceptors (Lipinski definition) is 5. The van der Waals surface area contributed by atoms with Gasteiger partial charge in [0.2, 0.25) is 5.91 Å². The number of esters is 1. The largest absolute Gasteiger partial charge is 0.462 e. The quantitative estimate of drug-likeness (QED) is 0.0323. The van der Waals surface area contributed by atoms with Gasteiger partial charge in [0.1, 0.15) is 6.10 Å². The summed E-state index contributed by atoms with van der Waals surface area (Å²) in [7, 11) is 0. The highest BCUT2D eigenvalue weighted by atomic mass is 16.5. The van der Waals surface area contributed by atoms with E-state index in [-0.39, 0.29) is 24.9 Å². The first-order valence-electron chi connectivity index (χ1n) is 24.9. The molecule has 338 valence electrons. The van der Waals surface area contributed by atoms with Gasteiger partial charge in [-0.1, -0.05) is 236 Å². The Bertz CT molecular complexity index is 1000. The molecule has 3 atom stereocenters. The molecule has 0 heterocycles. The van der Waals surface area contributed by atoms with Crippen LogP contribution in [0.3, 0.4) is 0 Å². The van der Waals surface area contributed by atoms with Gasteiger partial charge in [-0.3, -0.25) is 9.59 Å². The highest BCUT2D eigenvalue weighted by Crippen LogP contribution is 2.18. The number of carbonyl (C=O) groups excluding carboxylic acids is 2. The van der Waals surface area contributed by atoms with E-state index in [9.17, 15) is 19.8 Å². The second-order valence-corrected chi connectivity index (χ2v) is 16.9. The fourth-order valence-electron chi connectivity index (χ4n) is 7.50. The highest BCUT2D eigenvalue weighted by Gasteiger charge is 2.24. The molecule has 0 radical (unpaired) electrons. The number of aliphatic hydroxyl groups is 2. The summed E-state index contributed by atoms with van der Waals surface area (Å²) in [6.45, 7) is 6.33. The third-order valence-electron chi connectivity index (χ3n) is 11.3. The van der Waals surface area contributed by atoms with Gasteiger partial charge in [0, 0.05) is 6.42 Å². The van der Waals surface area contributed by atoms with Crippen molar-refractivity contribution in [2.45, 2.75) is 264 Å². The zero-order chi connectivity index (χ0) is 42.4. The van der Waals surface area contributed by atoms with Crippen LogP contribution in [0.15, 0.2) is 48.6 Å². The molecule has 1 amide bonds. The first kappa shape index (κ1) is 55.8. The molecule has 0 aliphatic heterocycles. The van der Waals surface area contributed by atoms with E-state index in [4.69, 9.17) is 4.74 Å². The van der Waals surface area contributed by atoms with Crippen molar-refractivity contribution >= 4 is 11.9 Å². The predicted molar refractivity (Wildman–Crippen MR) is 250 cm³/mol. The lowest BCUT2D eigenvalue weighted by Crippen LogP contribution is -2.46. The first-order valence-corrected chi connectivity index (χ1v) is 24.9. The van der Waals surface area contributed by atoms with Crippen LogP contribution in [0.25, 0.3) is 0 Å². The summed E-state index contributed by atoms with van der Waals surface area (Å²) < 4.78 is 5.90. The smallest absolute Gasteiger partial charge is 0.306 e. The lowest BCUT2D eigenvalue weighted by Gasteiger charge is -2.24. The van der Waals surface area contributed by atoms with E-state index in [1.807, 2.05) is 18.2 Å².